The Morgan fingerprint density at radius 3 is 1.15 bits per heavy atom. The highest BCUT2D eigenvalue weighted by Crippen LogP contribution is 2.26. The summed E-state index contributed by atoms with van der Waals surface area (Å²) in [6.45, 7) is 3.45. The Bertz CT molecular complexity index is 2680. The van der Waals surface area contributed by atoms with Gasteiger partial charge in [0, 0.05) is 65.0 Å². The maximum Gasteiger partial charge on any atom is 0.306 e. The van der Waals surface area contributed by atoms with Gasteiger partial charge >= 0.3 is 5.97 Å². The largest absolute Gasteiger partial charge is 0.461 e. The van der Waals surface area contributed by atoms with Crippen LogP contribution in [0.1, 0.15) is 123 Å². The molecule has 19 N–H and O–H groups in total. The highest BCUT2D eigenvalue weighted by Gasteiger charge is 2.46. The van der Waals surface area contributed by atoms with Gasteiger partial charge in [0.25, 0.3) is 0 Å². The van der Waals surface area contributed by atoms with E-state index in [2.05, 4.69) is 37.2 Å². The highest BCUT2D eigenvalue weighted by atomic mass is 16.7. The van der Waals surface area contributed by atoms with Crippen LogP contribution in [0.25, 0.3) is 0 Å². The van der Waals surface area contributed by atoms with Gasteiger partial charge in [0.15, 0.2) is 25.2 Å². The second-order valence-corrected chi connectivity index (χ2v) is 26.3. The lowest BCUT2D eigenvalue weighted by Crippen LogP contribution is -2.58. The number of benzene rings is 1. The average molecular weight is 1490 g/mol. The number of ether oxygens (including phenoxy) is 9. The fraction of sp³-hybridized carbons (Fsp3) is 0.791. The monoisotopic (exact) mass is 1490 g/mol. The van der Waals surface area contributed by atoms with Gasteiger partial charge in [-0.15, -0.1) is 0 Å². The molecule has 104 heavy (non-hydrogen) atoms. The molecule has 1 aromatic rings. The summed E-state index contributed by atoms with van der Waals surface area (Å²) in [6, 6.07) is 6.75. The first-order valence-corrected chi connectivity index (χ1v) is 35.7. The number of nitrogens with zero attached hydrogens (tertiary/aromatic N) is 1. The van der Waals surface area contributed by atoms with Crippen LogP contribution in [0, 0.1) is 0 Å². The number of rotatable bonds is 46. The van der Waals surface area contributed by atoms with E-state index in [0.717, 1.165) is 5.56 Å². The third-order valence-electron chi connectivity index (χ3n) is 17.9. The zero-order valence-corrected chi connectivity index (χ0v) is 59.4. The van der Waals surface area contributed by atoms with Gasteiger partial charge in [-0.2, -0.15) is 0 Å². The van der Waals surface area contributed by atoms with Gasteiger partial charge in [-0.05, 0) is 97.5 Å². The van der Waals surface area contributed by atoms with Crippen LogP contribution in [-0.2, 0) is 87.6 Å². The molecule has 7 amide bonds. The van der Waals surface area contributed by atoms with Gasteiger partial charge < -0.3 is 141 Å². The molecule has 4 aliphatic rings. The van der Waals surface area contributed by atoms with E-state index >= 15 is 0 Å². The molecule has 4 heterocycles. The van der Waals surface area contributed by atoms with Crippen LogP contribution in [0.15, 0.2) is 30.3 Å². The first-order chi connectivity index (χ1) is 49.6. The Labute approximate surface area is 603 Å². The molecule has 4 saturated heterocycles. The summed E-state index contributed by atoms with van der Waals surface area (Å²) in [5.41, 5.74) is 0.813. The first-order valence-electron chi connectivity index (χ1n) is 35.7. The third-order valence-corrected chi connectivity index (χ3v) is 17.9. The molecule has 4 aliphatic heterocycles. The number of amides is 7. The van der Waals surface area contributed by atoms with Crippen molar-refractivity contribution >= 4 is 47.3 Å². The molecule has 22 atom stereocenters. The summed E-state index contributed by atoms with van der Waals surface area (Å²) in [6.07, 6.45) is -24.3. The van der Waals surface area contributed by atoms with E-state index in [1.807, 2.05) is 30.3 Å². The number of unbranched alkanes of at least 4 members (excludes halogenated alkanes) is 4. The number of esters is 1. The van der Waals surface area contributed by atoms with Crippen molar-refractivity contribution in [2.45, 2.75) is 259 Å². The van der Waals surface area contributed by atoms with Gasteiger partial charge in [0.2, 0.25) is 41.4 Å². The van der Waals surface area contributed by atoms with E-state index in [9.17, 15) is 99.6 Å². The summed E-state index contributed by atoms with van der Waals surface area (Å²) in [7, 11) is 0. The lowest BCUT2D eigenvalue weighted by molar-refractivity contribution is -0.292. The van der Waals surface area contributed by atoms with E-state index < -0.39 is 184 Å². The SMILES string of the molecule is C[C@@H]1O[C@@H](OCCNC(=O)CCCCC(=O)NCCCC[C@H](NC(=O)CCCCC(=O)OCc2ccccc2)C(=O)NCCCC[C@@H](C(=O)NCCO[C@@H]2O[C@@H](C)[C@@H](O)[C@@H](O)[C@@H]2O)N(CC(=O)NCCO[C@@H]2O[C@@H](C)[C@@H](O)[C@@H](O)[C@@H]2O)CC(=O)NCCO[C@@H]2O[C@@H](C)[C@@H](O)[C@@H](O)[C@@H]2O)[C@@H](O)[C@H](O)[C@@H]1O. The van der Waals surface area contributed by atoms with Crippen LogP contribution in [0.5, 0.6) is 0 Å². The van der Waals surface area contributed by atoms with E-state index in [4.69, 9.17) is 42.6 Å². The maximum atomic E-state index is 14.4. The predicted octanol–water partition coefficient (Wildman–Crippen LogP) is -6.58. The number of nitrogens with one attached hydrogen (secondary N) is 7. The molecule has 37 nitrogen and oxygen atoms in total. The van der Waals surface area contributed by atoms with Crippen LogP contribution in [0.4, 0.5) is 0 Å². The number of hydrogen-bond donors (Lipinski definition) is 19. The molecule has 37 heteroatoms. The third kappa shape index (κ3) is 30.4. The molecule has 4 fully saturated rings. The fourth-order valence-electron chi connectivity index (χ4n) is 11.6. The van der Waals surface area contributed by atoms with Gasteiger partial charge in [-0.3, -0.25) is 43.3 Å². The van der Waals surface area contributed by atoms with Crippen molar-refractivity contribution in [3.05, 3.63) is 35.9 Å². The molecule has 594 valence electrons. The van der Waals surface area contributed by atoms with Crippen molar-refractivity contribution < 1.29 is 142 Å². The molecular formula is C67H112N8O29. The maximum absolute atomic E-state index is 14.4. The second-order valence-electron chi connectivity index (χ2n) is 26.3. The minimum atomic E-state index is -1.66. The molecule has 0 saturated carbocycles. The quantitative estimate of drug-likeness (QED) is 0.0213. The van der Waals surface area contributed by atoms with E-state index in [0.29, 0.717) is 38.5 Å². The zero-order valence-electron chi connectivity index (χ0n) is 59.4. The minimum absolute atomic E-state index is 0.00488. The molecular weight excluding hydrogens is 1380 g/mol. The Hall–Kier alpha value is -5.86. The predicted molar refractivity (Wildman–Crippen MR) is 359 cm³/mol. The Morgan fingerprint density at radius 2 is 0.731 bits per heavy atom. The average Bonchev–Trinajstić information content (AvgIpc) is 0.846. The number of carbonyl (C=O) groups excluding carboxylic acids is 8. The Balaban J connectivity index is 1.19. The Kier molecular flexibility index (Phi) is 40.2. The standard InChI is InChI=1S/C67H112N8O29/c1-37-50(82)54(86)58(90)64(101-37)96-30-26-69-45(77)21-9-8-20-44(76)68-24-14-12-18-42(74-46(78)22-10-11-23-49(81)100-36-41-16-6-5-7-17-41)62(94)72-25-15-13-19-43(63(95)73-29-33-99-67-61(93)57(89)53(85)40(4)104-67)75(34-47(79)70-27-31-97-65-59(91)55(87)51(83)38(2)102-65)35-48(80)71-28-32-98-66-60(92)56(88)52(84)39(3)103-66/h5-7,16-17,37-40,42-43,50-61,64-67,82-93H,8-15,18-36H2,1-4H3,(H,68,76)(H,69,77)(H,70,79)(H,71,80)(H,72,94)(H,73,95)(H,74,78)/t37-,38-,39-,40-,42-,43-,50+,51+,52+,53+,54+,55+,56+,57+,58-,59-,60-,61-,64+,65+,66+,67+/m0/s1. The summed E-state index contributed by atoms with van der Waals surface area (Å²) in [5, 5.41) is 142. The summed E-state index contributed by atoms with van der Waals surface area (Å²) < 4.78 is 49.4. The van der Waals surface area contributed by atoms with Crippen LogP contribution in [0.3, 0.4) is 0 Å². The van der Waals surface area contributed by atoms with Crippen LogP contribution in [-0.4, -0.2) is 327 Å². The number of hydrogen-bond acceptors (Lipinski definition) is 30. The molecule has 1 aromatic carbocycles. The van der Waals surface area contributed by atoms with Gasteiger partial charge in [-0.25, -0.2) is 0 Å². The van der Waals surface area contributed by atoms with Crippen molar-refractivity contribution in [3.63, 3.8) is 0 Å². The fourth-order valence-corrected chi connectivity index (χ4v) is 11.6. The number of carbonyl (C=O) groups is 8. The lowest BCUT2D eigenvalue weighted by Gasteiger charge is -2.39. The number of aliphatic hydroxyl groups is 12. The van der Waals surface area contributed by atoms with Crippen molar-refractivity contribution in [2.75, 3.05) is 78.8 Å². The summed E-state index contributed by atoms with van der Waals surface area (Å²) in [4.78, 5) is 108. The normalized spacial score (nSPS) is 29.7. The minimum Gasteiger partial charge on any atom is -0.461 e. The van der Waals surface area contributed by atoms with Gasteiger partial charge in [-0.1, -0.05) is 30.3 Å². The second kappa shape index (κ2) is 47.1. The van der Waals surface area contributed by atoms with Crippen molar-refractivity contribution in [1.29, 1.82) is 0 Å². The molecule has 0 radical (unpaired) electrons. The zero-order chi connectivity index (χ0) is 76.4. The van der Waals surface area contributed by atoms with E-state index in [-0.39, 0.29) is 135 Å². The topological polar surface area (TPSA) is 550 Å². The molecule has 5 rings (SSSR count). The molecule has 0 bridgehead atoms. The first kappa shape index (κ1) is 88.8. The number of aliphatic hydroxyl groups excluding tert-OH is 12. The van der Waals surface area contributed by atoms with Gasteiger partial charge in [0.05, 0.1) is 70.0 Å². The van der Waals surface area contributed by atoms with E-state index in [1.54, 1.807) is 0 Å². The van der Waals surface area contributed by atoms with E-state index in [1.165, 1.54) is 32.6 Å². The molecule has 0 unspecified atom stereocenters. The lowest BCUT2D eigenvalue weighted by atomic mass is 10.0. The smallest absolute Gasteiger partial charge is 0.306 e. The van der Waals surface area contributed by atoms with Gasteiger partial charge in [0.1, 0.15) is 85.9 Å². The molecule has 0 aliphatic carbocycles. The summed E-state index contributed by atoms with van der Waals surface area (Å²) >= 11 is 0. The highest BCUT2D eigenvalue weighted by molar-refractivity contribution is 5.88. The van der Waals surface area contributed by atoms with Crippen molar-refractivity contribution in [3.8, 4) is 0 Å². The van der Waals surface area contributed by atoms with Crippen molar-refractivity contribution in [2.24, 2.45) is 0 Å². The molecule has 0 spiro atoms. The molecule has 0 aromatic heterocycles. The Morgan fingerprint density at radius 1 is 0.385 bits per heavy atom. The van der Waals surface area contributed by atoms with Crippen LogP contribution in [0.2, 0.25) is 0 Å². The summed E-state index contributed by atoms with van der Waals surface area (Å²) in [5.74, 6) is -4.23. The van der Waals surface area contributed by atoms with Crippen LogP contribution < -0.4 is 37.2 Å². The van der Waals surface area contributed by atoms with Crippen molar-refractivity contribution in [1.82, 2.24) is 42.1 Å². The van der Waals surface area contributed by atoms with Crippen LogP contribution >= 0.6 is 0 Å².